The van der Waals surface area contributed by atoms with Crippen molar-refractivity contribution < 1.29 is 29.6 Å². The number of aliphatic hydroxyl groups excluding tert-OH is 1. The second-order valence-corrected chi connectivity index (χ2v) is 12.0. The number of ether oxygens (including phenoxy) is 2. The quantitative estimate of drug-likeness (QED) is 0.121. The fourth-order valence-electron chi connectivity index (χ4n) is 6.37. The molecular formula is C39H42NO6-. The third kappa shape index (κ3) is 7.90. The van der Waals surface area contributed by atoms with Crippen molar-refractivity contribution in [3.05, 3.63) is 119 Å². The molecule has 5 aromatic rings. The summed E-state index contributed by atoms with van der Waals surface area (Å²) in [4.78, 5) is 18.4. The van der Waals surface area contributed by atoms with Crippen molar-refractivity contribution in [2.24, 2.45) is 11.8 Å². The highest BCUT2D eigenvalue weighted by Crippen LogP contribution is 2.32. The standard InChI is InChI=1S/C39H42NO6/c1-4-29-18-28(19-30-7-5-6-8-33(29)30)20-32(16-26-10-12-35(42)39(22-26)46-3)37(44)23-36(43)31(17-27-13-14-40-24-27)15-25-9-11-34(41)38(21-25)45-2/h5-14,18-19,21-22,24,31-32,36,41-43H,4,15-17,20,23H2,1-3H3/q-1/t31-,32+,36+/m0/s1. The highest BCUT2D eigenvalue weighted by molar-refractivity contribution is 5.87. The Kier molecular flexibility index (Phi) is 10.7. The summed E-state index contributed by atoms with van der Waals surface area (Å²) >= 11 is 0. The molecule has 0 amide bonds. The molecule has 0 aliphatic carbocycles. The maximum Gasteiger partial charge on any atom is 0.160 e. The predicted molar refractivity (Wildman–Crippen MR) is 180 cm³/mol. The van der Waals surface area contributed by atoms with Crippen LogP contribution in [0, 0.1) is 11.8 Å². The third-order valence-corrected chi connectivity index (χ3v) is 8.86. The molecule has 0 saturated carbocycles. The number of Topliss-reactive ketones (excluding diaryl/α,β-unsaturated/α-hetero) is 1. The normalized spacial score (nSPS) is 13.3. The van der Waals surface area contributed by atoms with Crippen LogP contribution in [0.5, 0.6) is 23.0 Å². The number of nitrogens with zero attached hydrogens (tertiary/aromatic N) is 1. The van der Waals surface area contributed by atoms with Gasteiger partial charge in [-0.25, -0.2) is 0 Å². The summed E-state index contributed by atoms with van der Waals surface area (Å²) in [6.07, 6.45) is 5.44. The van der Waals surface area contributed by atoms with Crippen molar-refractivity contribution in [1.82, 2.24) is 4.98 Å². The minimum atomic E-state index is -0.915. The largest absolute Gasteiger partial charge is 0.670 e. The molecule has 3 atom stereocenters. The van der Waals surface area contributed by atoms with E-state index in [1.807, 2.05) is 30.3 Å². The van der Waals surface area contributed by atoms with Gasteiger partial charge in [0.1, 0.15) is 5.78 Å². The van der Waals surface area contributed by atoms with Gasteiger partial charge in [0.25, 0.3) is 0 Å². The Morgan fingerprint density at radius 3 is 2.02 bits per heavy atom. The highest BCUT2D eigenvalue weighted by Gasteiger charge is 2.28. The van der Waals surface area contributed by atoms with Crippen molar-refractivity contribution in [3.63, 3.8) is 0 Å². The number of rotatable bonds is 15. The van der Waals surface area contributed by atoms with Crippen molar-refractivity contribution >= 4 is 16.6 Å². The average Bonchev–Trinajstić information content (AvgIpc) is 3.58. The van der Waals surface area contributed by atoms with Crippen LogP contribution < -0.4 is 14.5 Å². The van der Waals surface area contributed by atoms with Crippen LogP contribution in [0.2, 0.25) is 0 Å². The van der Waals surface area contributed by atoms with Crippen molar-refractivity contribution in [2.75, 3.05) is 14.2 Å². The summed E-state index contributed by atoms with van der Waals surface area (Å²) in [6, 6.07) is 24.9. The van der Waals surface area contributed by atoms with Crippen LogP contribution in [0.4, 0.5) is 0 Å². The first-order valence-corrected chi connectivity index (χ1v) is 15.8. The molecule has 1 aromatic heterocycles. The highest BCUT2D eigenvalue weighted by atomic mass is 16.5. The lowest BCUT2D eigenvalue weighted by Crippen LogP contribution is -2.31. The number of fused-ring (bicyclic) bond motifs is 1. The van der Waals surface area contributed by atoms with Crippen LogP contribution in [0.3, 0.4) is 0 Å². The number of hydrogen-bond donors (Lipinski definition) is 3. The zero-order valence-electron chi connectivity index (χ0n) is 26.6. The summed E-state index contributed by atoms with van der Waals surface area (Å²) < 4.78 is 10.7. The number of aryl methyl sites for hydroxylation is 1. The summed E-state index contributed by atoms with van der Waals surface area (Å²) in [5, 5.41) is 34.3. The van der Waals surface area contributed by atoms with E-state index in [1.165, 1.54) is 25.2 Å². The predicted octanol–water partition coefficient (Wildman–Crippen LogP) is 6.61. The van der Waals surface area contributed by atoms with E-state index in [2.05, 4.69) is 36.2 Å². The lowest BCUT2D eigenvalue weighted by molar-refractivity contribution is -0.125. The van der Waals surface area contributed by atoms with Crippen LogP contribution in [0.15, 0.2) is 91.3 Å². The van der Waals surface area contributed by atoms with E-state index in [1.54, 1.807) is 36.7 Å². The smallest absolute Gasteiger partial charge is 0.160 e. The molecule has 0 aliphatic rings. The molecule has 0 aliphatic heterocycles. The summed E-state index contributed by atoms with van der Waals surface area (Å²) in [5.74, 6) is 0.0989. The van der Waals surface area contributed by atoms with Gasteiger partial charge in [-0.05, 0) is 95.3 Å². The van der Waals surface area contributed by atoms with E-state index in [-0.39, 0.29) is 29.6 Å². The Labute approximate surface area is 270 Å². The zero-order valence-corrected chi connectivity index (χ0v) is 26.6. The summed E-state index contributed by atoms with van der Waals surface area (Å²) in [5.41, 5.74) is 5.05. The number of ketones is 1. The van der Waals surface area contributed by atoms with Crippen LogP contribution in [-0.4, -0.2) is 41.4 Å². The van der Waals surface area contributed by atoms with E-state index >= 15 is 0 Å². The molecule has 0 unspecified atom stereocenters. The molecular weight excluding hydrogens is 578 g/mol. The molecule has 46 heavy (non-hydrogen) atoms. The second kappa shape index (κ2) is 15.0. The van der Waals surface area contributed by atoms with E-state index in [4.69, 9.17) is 9.47 Å². The van der Waals surface area contributed by atoms with E-state index in [0.29, 0.717) is 37.2 Å². The van der Waals surface area contributed by atoms with Gasteiger partial charge < -0.3 is 29.8 Å². The molecule has 0 radical (unpaired) electrons. The number of benzene rings is 4. The van der Waals surface area contributed by atoms with Gasteiger partial charge in [-0.3, -0.25) is 4.79 Å². The molecule has 0 spiro atoms. The second-order valence-electron chi connectivity index (χ2n) is 12.0. The van der Waals surface area contributed by atoms with E-state index in [0.717, 1.165) is 34.1 Å². The Morgan fingerprint density at radius 1 is 0.761 bits per heavy atom. The number of methoxy groups -OCH3 is 2. The molecule has 7 heteroatoms. The van der Waals surface area contributed by atoms with Gasteiger partial charge in [0.05, 0.1) is 20.3 Å². The number of phenols is 2. The van der Waals surface area contributed by atoms with Crippen LogP contribution >= 0.6 is 0 Å². The van der Waals surface area contributed by atoms with Crippen LogP contribution in [0.25, 0.3) is 10.8 Å². The Hall–Kier alpha value is -4.75. The number of carbonyl (C=O) groups excluding carboxylic acids is 1. The van der Waals surface area contributed by atoms with Gasteiger partial charge in [0.15, 0.2) is 23.0 Å². The summed E-state index contributed by atoms with van der Waals surface area (Å²) in [6.45, 7) is 2.14. The summed E-state index contributed by atoms with van der Waals surface area (Å²) in [7, 11) is 3.01. The molecule has 0 saturated heterocycles. The molecule has 0 fully saturated rings. The maximum absolute atomic E-state index is 14.2. The number of carbonyl (C=O) groups is 1. The van der Waals surface area contributed by atoms with Crippen molar-refractivity contribution in [3.8, 4) is 23.0 Å². The first-order chi connectivity index (χ1) is 22.3. The number of aromatic nitrogens is 1. The van der Waals surface area contributed by atoms with Crippen LogP contribution in [0.1, 0.15) is 41.2 Å². The topological polar surface area (TPSA) is 110 Å². The van der Waals surface area contributed by atoms with Gasteiger partial charge in [0, 0.05) is 12.3 Å². The molecule has 0 bridgehead atoms. The van der Waals surface area contributed by atoms with E-state index in [9.17, 15) is 20.1 Å². The fourth-order valence-corrected chi connectivity index (χ4v) is 6.37. The van der Waals surface area contributed by atoms with Gasteiger partial charge in [-0.1, -0.05) is 67.1 Å². The fraction of sp³-hybridized carbons (Fsp3) is 0.308. The van der Waals surface area contributed by atoms with E-state index < -0.39 is 12.0 Å². The molecule has 3 N–H and O–H groups in total. The molecule has 5 rings (SSSR count). The van der Waals surface area contributed by atoms with Gasteiger partial charge in [0.2, 0.25) is 0 Å². The minimum Gasteiger partial charge on any atom is -0.670 e. The first kappa shape index (κ1) is 32.6. The number of aromatic hydroxyl groups is 2. The minimum absolute atomic E-state index is 0.0118. The number of aliphatic hydroxyl groups is 1. The average molecular weight is 621 g/mol. The third-order valence-electron chi connectivity index (χ3n) is 8.86. The molecule has 4 aromatic carbocycles. The molecule has 240 valence electrons. The number of phenolic OH excluding ortho intramolecular Hbond substituents is 2. The number of hydrogen-bond acceptors (Lipinski definition) is 6. The Balaban J connectivity index is 1.43. The van der Waals surface area contributed by atoms with Crippen molar-refractivity contribution in [2.45, 2.75) is 51.6 Å². The Bertz CT molecular complexity index is 1760. The van der Waals surface area contributed by atoms with Crippen LogP contribution in [-0.2, 0) is 36.9 Å². The van der Waals surface area contributed by atoms with Gasteiger partial charge in [-0.2, -0.15) is 12.4 Å². The van der Waals surface area contributed by atoms with Gasteiger partial charge in [-0.15, -0.1) is 0 Å². The maximum atomic E-state index is 14.2. The lowest BCUT2D eigenvalue weighted by atomic mass is 9.81. The molecule has 1 heterocycles. The van der Waals surface area contributed by atoms with Crippen molar-refractivity contribution in [1.29, 1.82) is 0 Å². The van der Waals surface area contributed by atoms with Gasteiger partial charge >= 0.3 is 0 Å². The first-order valence-electron chi connectivity index (χ1n) is 15.8. The zero-order chi connectivity index (χ0) is 32.6. The Morgan fingerprint density at radius 2 is 1.39 bits per heavy atom. The lowest BCUT2D eigenvalue weighted by Gasteiger charge is -2.25. The molecule has 7 nitrogen and oxygen atoms in total. The monoisotopic (exact) mass is 620 g/mol. The SMILES string of the molecule is CCc1cc(C[C@@H](Cc2ccc(O)c(OC)c2)C(=O)C[C@@H](O)[C@H](Cc2cc[n-]c2)Cc2ccc(O)c(OC)c2)cc2ccccc12.